The van der Waals surface area contributed by atoms with Gasteiger partial charge in [0.05, 0.1) is 24.9 Å². The number of aliphatic hydroxyl groups excluding tert-OH is 8. The van der Waals surface area contributed by atoms with Gasteiger partial charge in [0.25, 0.3) is 0 Å². The molecule has 3 saturated heterocycles. The second kappa shape index (κ2) is 15.3. The molecule has 312 valence electrons. The first-order valence-corrected chi connectivity index (χ1v) is 20.1. The van der Waals surface area contributed by atoms with Gasteiger partial charge in [-0.2, -0.15) is 0 Å². The van der Waals surface area contributed by atoms with Gasteiger partial charge in [-0.1, -0.05) is 38.5 Å². The highest BCUT2D eigenvalue weighted by atomic mass is 16.8. The monoisotopic (exact) mass is 782 g/mol. The average molecular weight is 783 g/mol. The Labute approximate surface area is 322 Å². The first-order chi connectivity index (χ1) is 25.9. The van der Waals surface area contributed by atoms with E-state index in [1.807, 2.05) is 0 Å². The normalized spacial score (nSPS) is 54.1. The Bertz CT molecular complexity index is 1490. The highest BCUT2D eigenvalue weighted by Crippen LogP contribution is 2.70. The molecular weight excluding hydrogens is 720 g/mol. The zero-order valence-corrected chi connectivity index (χ0v) is 32.6. The van der Waals surface area contributed by atoms with E-state index in [0.717, 1.165) is 37.7 Å². The average Bonchev–Trinajstić information content (AvgIpc) is 3.44. The number of fused-ring (bicyclic) bond motifs is 5. The van der Waals surface area contributed by atoms with Crippen LogP contribution >= 0.6 is 0 Å². The Balaban J connectivity index is 1.11. The lowest BCUT2D eigenvalue weighted by atomic mass is 9.42. The molecule has 3 aliphatic heterocycles. The molecule has 15 heteroatoms. The number of rotatable bonds is 8. The summed E-state index contributed by atoms with van der Waals surface area (Å²) in [6.07, 6.45) is -11.6. The van der Waals surface area contributed by atoms with Gasteiger partial charge in [0.1, 0.15) is 61.0 Å². The van der Waals surface area contributed by atoms with Gasteiger partial charge >= 0.3 is 0 Å². The molecular formula is C40H62O15. The summed E-state index contributed by atoms with van der Waals surface area (Å²) in [5, 5.41) is 85.3. The Hall–Kier alpha value is -1.41. The highest BCUT2D eigenvalue weighted by molar-refractivity contribution is 5.95. The van der Waals surface area contributed by atoms with Crippen molar-refractivity contribution in [2.75, 3.05) is 6.61 Å². The molecule has 3 heterocycles. The van der Waals surface area contributed by atoms with Crippen LogP contribution in [0.15, 0.2) is 23.3 Å². The zero-order chi connectivity index (χ0) is 39.9. The Morgan fingerprint density at radius 3 is 1.91 bits per heavy atom. The van der Waals surface area contributed by atoms with Crippen molar-refractivity contribution in [2.24, 2.45) is 28.1 Å². The van der Waals surface area contributed by atoms with E-state index >= 15 is 0 Å². The fraction of sp³-hybridized carbons (Fsp3) is 0.875. The largest absolute Gasteiger partial charge is 0.394 e. The van der Waals surface area contributed by atoms with Crippen LogP contribution in [0.2, 0.25) is 0 Å². The fourth-order valence-electron chi connectivity index (χ4n) is 11.4. The minimum Gasteiger partial charge on any atom is -0.394 e. The van der Waals surface area contributed by atoms with Crippen LogP contribution in [0, 0.1) is 28.1 Å². The molecule has 15 nitrogen and oxygen atoms in total. The van der Waals surface area contributed by atoms with Gasteiger partial charge < -0.3 is 69.3 Å². The molecule has 0 unspecified atom stereocenters. The van der Waals surface area contributed by atoms with Crippen LogP contribution in [-0.4, -0.2) is 151 Å². The smallest absolute Gasteiger partial charge is 0.187 e. The topological polar surface area (TPSA) is 234 Å². The zero-order valence-electron chi connectivity index (χ0n) is 32.6. The van der Waals surface area contributed by atoms with E-state index in [1.54, 1.807) is 6.92 Å². The summed E-state index contributed by atoms with van der Waals surface area (Å²) >= 11 is 0. The van der Waals surface area contributed by atoms with Crippen molar-refractivity contribution in [1.82, 2.24) is 0 Å². The molecule has 55 heavy (non-hydrogen) atoms. The molecule has 0 aromatic heterocycles. The third-order valence-electron chi connectivity index (χ3n) is 15.1. The van der Waals surface area contributed by atoms with Crippen LogP contribution in [0.4, 0.5) is 0 Å². The van der Waals surface area contributed by atoms with Crippen molar-refractivity contribution in [3.05, 3.63) is 23.3 Å². The lowest BCUT2D eigenvalue weighted by Gasteiger charge is -2.62. The lowest BCUT2D eigenvalue weighted by Crippen LogP contribution is -2.66. The third kappa shape index (κ3) is 6.81. The van der Waals surface area contributed by atoms with Crippen molar-refractivity contribution in [3.8, 4) is 0 Å². The van der Waals surface area contributed by atoms with Crippen LogP contribution in [0.25, 0.3) is 0 Å². The molecule has 7 rings (SSSR count). The highest BCUT2D eigenvalue weighted by Gasteiger charge is 2.63. The standard InChI is InChI=1S/C40H62O15/c1-17(42)22-10-13-40(6)24-8-7-20-15-21(9-12-38(20,4)23(24)11-14-39(22,40)5)52-37-34(55-36-31(48)29(46)27(44)19(3)51-36)32(49)33(25(16-41)53-37)54-35-30(47)28(45)26(43)18(2)50-35/h7,10,18-19,21,23-37,41,43-49H,8-9,11-16H2,1-6H3/t18-,19-,21-,23-,24+,25+,26-,27-,28+,29+,30+,31+,32-,33+,34+,35-,36-,37+,38-,39+,40-/m0/s1. The van der Waals surface area contributed by atoms with Crippen LogP contribution in [0.3, 0.4) is 0 Å². The van der Waals surface area contributed by atoms with E-state index in [2.05, 4.69) is 32.9 Å². The summed E-state index contributed by atoms with van der Waals surface area (Å²) in [5.74, 6) is 1.01. The van der Waals surface area contributed by atoms with E-state index in [4.69, 9.17) is 28.4 Å². The van der Waals surface area contributed by atoms with E-state index < -0.39 is 98.7 Å². The Kier molecular flexibility index (Phi) is 11.6. The summed E-state index contributed by atoms with van der Waals surface area (Å²) in [4.78, 5) is 12.7. The SMILES string of the molecule is CC(=O)C1=CC[C@@]2(C)[C@@H]3CC=C4C[C@@H](O[C@@H]5O[C@H](CO)[C@@H](O[C@@H]6O[C@@H](C)[C@H](O)[C@@H](O)[C@H]6O)[C@H](O)[C@H]5O[C@@H]5O[C@@H](C)[C@H](O)[C@@H](O)[C@H]5O)CC[C@]4(C)[C@H]3CC[C@]12C. The van der Waals surface area contributed by atoms with Crippen molar-refractivity contribution >= 4 is 5.78 Å². The second-order valence-electron chi connectivity index (χ2n) is 18.0. The molecule has 4 aliphatic carbocycles. The van der Waals surface area contributed by atoms with Crippen LogP contribution in [0.1, 0.15) is 86.5 Å². The van der Waals surface area contributed by atoms with Gasteiger partial charge in [0.15, 0.2) is 24.7 Å². The number of allylic oxidation sites excluding steroid dienone is 3. The molecule has 8 N–H and O–H groups in total. The molecule has 0 radical (unpaired) electrons. The number of carbonyl (C=O) groups excluding carboxylic acids is 1. The molecule has 0 bridgehead atoms. The summed E-state index contributed by atoms with van der Waals surface area (Å²) in [5.41, 5.74) is 2.02. The number of carbonyl (C=O) groups is 1. The van der Waals surface area contributed by atoms with Gasteiger partial charge in [-0.05, 0) is 94.0 Å². The van der Waals surface area contributed by atoms with Gasteiger partial charge in [-0.3, -0.25) is 4.79 Å². The predicted molar refractivity (Wildman–Crippen MR) is 192 cm³/mol. The summed E-state index contributed by atoms with van der Waals surface area (Å²) in [6.45, 7) is 11.0. The van der Waals surface area contributed by atoms with Crippen molar-refractivity contribution in [1.29, 1.82) is 0 Å². The number of hydrogen-bond acceptors (Lipinski definition) is 15. The van der Waals surface area contributed by atoms with Crippen molar-refractivity contribution in [2.45, 2.75) is 185 Å². The Morgan fingerprint density at radius 1 is 0.727 bits per heavy atom. The predicted octanol–water partition coefficient (Wildman–Crippen LogP) is 0.353. The Morgan fingerprint density at radius 2 is 1.33 bits per heavy atom. The lowest BCUT2D eigenvalue weighted by molar-refractivity contribution is -0.388. The minimum absolute atomic E-state index is 0.0224. The number of Topliss-reactive ketones (excluding diaryl/α,β-unsaturated/α-hetero) is 1. The third-order valence-corrected chi connectivity index (χ3v) is 15.1. The maximum Gasteiger partial charge on any atom is 0.187 e. The van der Waals surface area contributed by atoms with E-state index in [9.17, 15) is 45.6 Å². The molecule has 0 aromatic carbocycles. The number of aliphatic hydroxyl groups is 8. The van der Waals surface area contributed by atoms with Crippen molar-refractivity contribution < 1.29 is 74.1 Å². The van der Waals surface area contributed by atoms with Crippen molar-refractivity contribution in [3.63, 3.8) is 0 Å². The van der Waals surface area contributed by atoms with E-state index in [1.165, 1.54) is 19.4 Å². The number of ether oxygens (including phenoxy) is 6. The van der Waals surface area contributed by atoms with E-state index in [0.29, 0.717) is 24.7 Å². The van der Waals surface area contributed by atoms with Crippen LogP contribution in [-0.2, 0) is 33.2 Å². The molecule has 0 aromatic rings. The summed E-state index contributed by atoms with van der Waals surface area (Å²) < 4.78 is 36.3. The van der Waals surface area contributed by atoms with Gasteiger partial charge in [-0.25, -0.2) is 0 Å². The molecule has 21 atom stereocenters. The maximum absolute atomic E-state index is 12.7. The quantitative estimate of drug-likeness (QED) is 0.155. The first-order valence-electron chi connectivity index (χ1n) is 20.1. The van der Waals surface area contributed by atoms with Gasteiger partial charge in [0, 0.05) is 5.41 Å². The fourth-order valence-corrected chi connectivity index (χ4v) is 11.4. The van der Waals surface area contributed by atoms with E-state index in [-0.39, 0.29) is 28.1 Å². The molecule has 0 amide bonds. The van der Waals surface area contributed by atoms with Crippen LogP contribution in [0.5, 0.6) is 0 Å². The second-order valence-corrected chi connectivity index (χ2v) is 18.0. The maximum atomic E-state index is 12.7. The molecule has 0 spiro atoms. The molecule has 2 saturated carbocycles. The van der Waals surface area contributed by atoms with Gasteiger partial charge in [-0.15, -0.1) is 0 Å². The minimum atomic E-state index is -1.72. The van der Waals surface area contributed by atoms with Gasteiger partial charge in [0.2, 0.25) is 0 Å². The first kappa shape index (κ1) is 41.7. The molecule has 7 aliphatic rings. The number of hydrogen-bond donors (Lipinski definition) is 8. The molecule has 5 fully saturated rings. The van der Waals surface area contributed by atoms with Crippen LogP contribution < -0.4 is 0 Å². The summed E-state index contributed by atoms with van der Waals surface area (Å²) in [7, 11) is 0. The number of ketones is 1. The summed E-state index contributed by atoms with van der Waals surface area (Å²) in [6, 6.07) is 0.